The quantitative estimate of drug-likeness (QED) is 0.466. The fourth-order valence-corrected chi connectivity index (χ4v) is 3.15. The molecule has 122 valence electrons. The summed E-state index contributed by atoms with van der Waals surface area (Å²) in [5, 5.41) is 12.0. The van der Waals surface area contributed by atoms with Gasteiger partial charge in [0.05, 0.1) is 11.7 Å². The van der Waals surface area contributed by atoms with Crippen LogP contribution in [0.1, 0.15) is 44.9 Å². The number of carboxylic acid groups (broad SMARTS) is 1. The number of carboxylic acids is 1. The van der Waals surface area contributed by atoms with Gasteiger partial charge in [-0.3, -0.25) is 9.59 Å². The van der Waals surface area contributed by atoms with Gasteiger partial charge in [0.15, 0.2) is 0 Å². The average Bonchev–Trinajstić information content (AvgIpc) is 2.60. The van der Waals surface area contributed by atoms with Crippen molar-refractivity contribution in [3.63, 3.8) is 0 Å². The molecule has 1 aliphatic rings. The van der Waals surface area contributed by atoms with Crippen LogP contribution in [0.15, 0.2) is 0 Å². The normalized spacial score (nSPS) is 18.7. The highest BCUT2D eigenvalue weighted by atomic mass is 32.2. The second kappa shape index (κ2) is 7.74. The fourth-order valence-electron chi connectivity index (χ4n) is 2.68. The molecule has 1 fully saturated rings. The molecule has 21 heavy (non-hydrogen) atoms. The van der Waals surface area contributed by atoms with Crippen LogP contribution in [0.25, 0.3) is 0 Å². The molecule has 7 nitrogen and oxygen atoms in total. The van der Waals surface area contributed by atoms with Crippen molar-refractivity contribution in [3.05, 3.63) is 0 Å². The van der Waals surface area contributed by atoms with Crippen molar-refractivity contribution in [2.45, 2.75) is 44.9 Å². The molecule has 0 spiro atoms. The third-order valence-electron chi connectivity index (χ3n) is 3.82. The maximum absolute atomic E-state index is 11.9. The highest BCUT2D eigenvalue weighted by Crippen LogP contribution is 2.38. The largest absolute Gasteiger partial charge is 0.481 e. The van der Waals surface area contributed by atoms with Gasteiger partial charge in [0.25, 0.3) is 0 Å². The van der Waals surface area contributed by atoms with Crippen molar-refractivity contribution in [2.75, 3.05) is 19.3 Å². The molecule has 0 saturated heterocycles. The number of amides is 1. The summed E-state index contributed by atoms with van der Waals surface area (Å²) in [6.45, 7) is 0.256. The smallest absolute Gasteiger partial charge is 0.310 e. The first-order valence-corrected chi connectivity index (χ1v) is 9.09. The Morgan fingerprint density at radius 1 is 1.10 bits per heavy atom. The Morgan fingerprint density at radius 3 is 2.14 bits per heavy atom. The maximum Gasteiger partial charge on any atom is 0.310 e. The lowest BCUT2D eigenvalue weighted by Gasteiger charge is -2.27. The Morgan fingerprint density at radius 2 is 1.67 bits per heavy atom. The third-order valence-corrected chi connectivity index (χ3v) is 4.55. The molecule has 1 aliphatic carbocycles. The van der Waals surface area contributed by atoms with E-state index >= 15 is 0 Å². The lowest BCUT2D eigenvalue weighted by molar-refractivity contribution is -0.152. The van der Waals surface area contributed by atoms with Crippen LogP contribution in [0.4, 0.5) is 0 Å². The zero-order valence-corrected chi connectivity index (χ0v) is 13.2. The zero-order valence-electron chi connectivity index (χ0n) is 12.4. The Balaban J connectivity index is 2.47. The SMILES string of the molecule is CS(=O)(=O)NCCNC(=O)CC1(C(=O)O)CCCCCC1. The molecule has 1 rings (SSSR count). The molecule has 0 aromatic carbocycles. The second-order valence-corrected chi connectivity index (χ2v) is 7.53. The molecule has 0 unspecified atom stereocenters. The minimum Gasteiger partial charge on any atom is -0.481 e. The standard InChI is InChI=1S/C13H24N2O5S/c1-21(19,20)15-9-8-14-11(16)10-13(12(17)18)6-4-2-3-5-7-13/h15H,2-10H2,1H3,(H,14,16)(H,17,18). The number of aliphatic carboxylic acids is 1. The van der Waals surface area contributed by atoms with E-state index < -0.39 is 21.4 Å². The Labute approximate surface area is 125 Å². The van der Waals surface area contributed by atoms with Gasteiger partial charge in [0.2, 0.25) is 15.9 Å². The number of sulfonamides is 1. The van der Waals surface area contributed by atoms with Crippen molar-refractivity contribution >= 4 is 21.9 Å². The number of nitrogens with one attached hydrogen (secondary N) is 2. The molecule has 3 N–H and O–H groups in total. The summed E-state index contributed by atoms with van der Waals surface area (Å²) in [5.41, 5.74) is -0.967. The minimum absolute atomic E-state index is 0.0405. The minimum atomic E-state index is -3.28. The van der Waals surface area contributed by atoms with Crippen LogP contribution in [-0.2, 0) is 19.6 Å². The van der Waals surface area contributed by atoms with E-state index in [1.807, 2.05) is 0 Å². The monoisotopic (exact) mass is 320 g/mol. The third kappa shape index (κ3) is 6.43. The van der Waals surface area contributed by atoms with Gasteiger partial charge in [-0.2, -0.15) is 0 Å². The average molecular weight is 320 g/mol. The van der Waals surface area contributed by atoms with Gasteiger partial charge in [-0.25, -0.2) is 13.1 Å². The molecule has 1 saturated carbocycles. The zero-order chi connectivity index (χ0) is 15.9. The first-order valence-electron chi connectivity index (χ1n) is 7.20. The van der Waals surface area contributed by atoms with Crippen molar-refractivity contribution in [2.24, 2.45) is 5.41 Å². The van der Waals surface area contributed by atoms with Gasteiger partial charge in [-0.1, -0.05) is 25.7 Å². The lowest BCUT2D eigenvalue weighted by Crippen LogP contribution is -2.40. The van der Waals surface area contributed by atoms with Crippen LogP contribution in [0.2, 0.25) is 0 Å². The van der Waals surface area contributed by atoms with E-state index in [1.165, 1.54) is 0 Å². The molecule has 0 aromatic heterocycles. The summed E-state index contributed by atoms with van der Waals surface area (Å²) < 4.78 is 24.0. The number of rotatable bonds is 7. The molecule has 0 radical (unpaired) electrons. The number of carbonyl (C=O) groups excluding carboxylic acids is 1. The summed E-state index contributed by atoms with van der Waals surface area (Å²) in [6, 6.07) is 0. The molecule has 8 heteroatoms. The highest BCUT2D eigenvalue weighted by Gasteiger charge is 2.40. The lowest BCUT2D eigenvalue weighted by atomic mass is 9.77. The van der Waals surface area contributed by atoms with Gasteiger partial charge in [0.1, 0.15) is 0 Å². The van der Waals surface area contributed by atoms with Gasteiger partial charge < -0.3 is 10.4 Å². The Hall–Kier alpha value is -1.15. The van der Waals surface area contributed by atoms with E-state index in [4.69, 9.17) is 0 Å². The summed E-state index contributed by atoms with van der Waals surface area (Å²) in [7, 11) is -3.28. The van der Waals surface area contributed by atoms with Crippen LogP contribution in [0.5, 0.6) is 0 Å². The van der Waals surface area contributed by atoms with Crippen molar-refractivity contribution in [1.29, 1.82) is 0 Å². The Bertz CT molecular complexity index is 467. The van der Waals surface area contributed by atoms with E-state index in [2.05, 4.69) is 10.0 Å². The number of carbonyl (C=O) groups is 2. The molecule has 0 atom stereocenters. The topological polar surface area (TPSA) is 113 Å². The van der Waals surface area contributed by atoms with Crippen molar-refractivity contribution < 1.29 is 23.1 Å². The van der Waals surface area contributed by atoms with Gasteiger partial charge in [-0.05, 0) is 12.8 Å². The van der Waals surface area contributed by atoms with E-state index in [1.54, 1.807) is 0 Å². The van der Waals surface area contributed by atoms with Crippen LogP contribution in [0.3, 0.4) is 0 Å². The van der Waals surface area contributed by atoms with E-state index in [9.17, 15) is 23.1 Å². The summed E-state index contributed by atoms with van der Waals surface area (Å²) >= 11 is 0. The van der Waals surface area contributed by atoms with Gasteiger partial charge in [-0.15, -0.1) is 0 Å². The number of hydrogen-bond acceptors (Lipinski definition) is 4. The second-order valence-electron chi connectivity index (χ2n) is 5.69. The molecule has 0 aromatic rings. The van der Waals surface area contributed by atoms with E-state index in [0.29, 0.717) is 12.8 Å². The molecule has 0 heterocycles. The molecule has 0 bridgehead atoms. The highest BCUT2D eigenvalue weighted by molar-refractivity contribution is 7.88. The first kappa shape index (κ1) is 17.9. The van der Waals surface area contributed by atoms with Gasteiger partial charge >= 0.3 is 5.97 Å². The van der Waals surface area contributed by atoms with Crippen LogP contribution in [-0.4, -0.2) is 44.7 Å². The predicted molar refractivity (Wildman–Crippen MR) is 78.2 cm³/mol. The molecular weight excluding hydrogens is 296 g/mol. The van der Waals surface area contributed by atoms with Crippen molar-refractivity contribution in [1.82, 2.24) is 10.0 Å². The van der Waals surface area contributed by atoms with Crippen molar-refractivity contribution in [3.8, 4) is 0 Å². The maximum atomic E-state index is 11.9. The first-order chi connectivity index (χ1) is 9.75. The van der Waals surface area contributed by atoms with E-state index in [0.717, 1.165) is 31.9 Å². The molecule has 1 amide bonds. The Kier molecular flexibility index (Phi) is 6.60. The van der Waals surface area contributed by atoms with Crippen LogP contribution < -0.4 is 10.0 Å². The fraction of sp³-hybridized carbons (Fsp3) is 0.846. The van der Waals surface area contributed by atoms with E-state index in [-0.39, 0.29) is 25.4 Å². The predicted octanol–water partition coefficient (Wildman–Crippen LogP) is 0.467. The van der Waals surface area contributed by atoms with Crippen LogP contribution in [0, 0.1) is 5.41 Å². The summed E-state index contributed by atoms with van der Waals surface area (Å²) in [6.07, 6.45) is 5.73. The van der Waals surface area contributed by atoms with Gasteiger partial charge in [0, 0.05) is 19.5 Å². The summed E-state index contributed by atoms with van der Waals surface area (Å²) in [4.78, 5) is 23.5. The molecular formula is C13H24N2O5S. The van der Waals surface area contributed by atoms with Crippen LogP contribution >= 0.6 is 0 Å². The molecule has 0 aliphatic heterocycles. The number of hydrogen-bond donors (Lipinski definition) is 3. The summed E-state index contributed by atoms with van der Waals surface area (Å²) in [5.74, 6) is -1.25.